The number of rotatable bonds is 2. The molecule has 6 heteroatoms. The highest BCUT2D eigenvalue weighted by Gasteiger charge is 2.32. The van der Waals surface area contributed by atoms with E-state index in [0.29, 0.717) is 22.0 Å². The van der Waals surface area contributed by atoms with Gasteiger partial charge in [0, 0.05) is 34.7 Å². The predicted molar refractivity (Wildman–Crippen MR) is 93.8 cm³/mol. The average Bonchev–Trinajstić information content (AvgIpc) is 2.61. The number of nitrogens with one attached hydrogen (secondary N) is 1. The highest BCUT2D eigenvalue weighted by Crippen LogP contribution is 2.44. The fourth-order valence-corrected chi connectivity index (χ4v) is 3.50. The quantitative estimate of drug-likeness (QED) is 0.548. The zero-order valence-electron chi connectivity index (χ0n) is 13.1. The summed E-state index contributed by atoms with van der Waals surface area (Å²) in [5.41, 5.74) is 1.94. The maximum atomic E-state index is 12.3. The first kappa shape index (κ1) is 15.1. The van der Waals surface area contributed by atoms with Gasteiger partial charge in [0.15, 0.2) is 0 Å². The lowest BCUT2D eigenvalue weighted by Gasteiger charge is -2.27. The third kappa shape index (κ3) is 2.39. The first-order chi connectivity index (χ1) is 12.1. The SMILES string of the molecule is O=C1C[C@@H](c2ccccc2[N+](=O)[O-])c2ccc3c(O)cccc3c2N1. The van der Waals surface area contributed by atoms with Crippen LogP contribution in [0, 0.1) is 10.1 Å². The van der Waals surface area contributed by atoms with Crippen molar-refractivity contribution in [2.75, 3.05) is 5.32 Å². The topological polar surface area (TPSA) is 92.5 Å². The van der Waals surface area contributed by atoms with Crippen molar-refractivity contribution in [3.8, 4) is 5.75 Å². The van der Waals surface area contributed by atoms with Crippen LogP contribution >= 0.6 is 0 Å². The number of benzene rings is 3. The van der Waals surface area contributed by atoms with Crippen LogP contribution in [0.5, 0.6) is 5.75 Å². The minimum atomic E-state index is -0.422. The van der Waals surface area contributed by atoms with Crippen LogP contribution in [-0.2, 0) is 4.79 Å². The monoisotopic (exact) mass is 334 g/mol. The summed E-state index contributed by atoms with van der Waals surface area (Å²) in [6.07, 6.45) is 0.141. The van der Waals surface area contributed by atoms with Crippen LogP contribution < -0.4 is 5.32 Å². The van der Waals surface area contributed by atoms with Gasteiger partial charge in [-0.3, -0.25) is 14.9 Å². The van der Waals surface area contributed by atoms with Gasteiger partial charge in [0.1, 0.15) is 5.75 Å². The molecule has 6 nitrogen and oxygen atoms in total. The summed E-state index contributed by atoms with van der Waals surface area (Å²) in [6, 6.07) is 15.2. The number of nitrogens with zero attached hydrogens (tertiary/aromatic N) is 1. The van der Waals surface area contributed by atoms with Crippen molar-refractivity contribution >= 4 is 28.1 Å². The molecule has 2 N–H and O–H groups in total. The summed E-state index contributed by atoms with van der Waals surface area (Å²) in [5, 5.41) is 25.6. The van der Waals surface area contributed by atoms with Gasteiger partial charge in [-0.15, -0.1) is 0 Å². The van der Waals surface area contributed by atoms with Crippen LogP contribution in [0.1, 0.15) is 23.5 Å². The smallest absolute Gasteiger partial charge is 0.273 e. The molecule has 0 aromatic heterocycles. The Morgan fingerprint density at radius 1 is 1.00 bits per heavy atom. The van der Waals surface area contributed by atoms with Crippen molar-refractivity contribution in [3.63, 3.8) is 0 Å². The molecule has 0 saturated heterocycles. The first-order valence-corrected chi connectivity index (χ1v) is 7.84. The third-order valence-corrected chi connectivity index (χ3v) is 4.61. The molecule has 124 valence electrons. The number of phenols is 1. The molecule has 1 aliphatic rings. The second kappa shape index (κ2) is 5.59. The zero-order chi connectivity index (χ0) is 17.6. The number of phenolic OH excluding ortho intramolecular Hbond substituents is 1. The van der Waals surface area contributed by atoms with Crippen LogP contribution in [0.15, 0.2) is 54.6 Å². The molecule has 4 rings (SSSR count). The second-order valence-corrected chi connectivity index (χ2v) is 6.02. The van der Waals surface area contributed by atoms with E-state index in [1.54, 1.807) is 36.4 Å². The Morgan fingerprint density at radius 2 is 1.80 bits per heavy atom. The minimum Gasteiger partial charge on any atom is -0.507 e. The highest BCUT2D eigenvalue weighted by molar-refractivity contribution is 6.07. The van der Waals surface area contributed by atoms with E-state index >= 15 is 0 Å². The minimum absolute atomic E-state index is 0.00385. The van der Waals surface area contributed by atoms with E-state index in [1.807, 2.05) is 12.1 Å². The number of hydrogen-bond acceptors (Lipinski definition) is 4. The lowest BCUT2D eigenvalue weighted by molar-refractivity contribution is -0.385. The molecule has 0 radical (unpaired) electrons. The average molecular weight is 334 g/mol. The summed E-state index contributed by atoms with van der Waals surface area (Å²) in [4.78, 5) is 23.2. The van der Waals surface area contributed by atoms with Crippen molar-refractivity contribution in [1.82, 2.24) is 0 Å². The fourth-order valence-electron chi connectivity index (χ4n) is 3.50. The molecule has 0 spiro atoms. The highest BCUT2D eigenvalue weighted by atomic mass is 16.6. The molecular weight excluding hydrogens is 320 g/mol. The van der Waals surface area contributed by atoms with E-state index in [0.717, 1.165) is 5.56 Å². The summed E-state index contributed by atoms with van der Waals surface area (Å²) in [6.45, 7) is 0. The second-order valence-electron chi connectivity index (χ2n) is 6.02. The Balaban J connectivity index is 1.98. The Labute approximate surface area is 142 Å². The number of nitro groups is 1. The number of para-hydroxylation sites is 1. The van der Waals surface area contributed by atoms with Crippen LogP contribution in [0.3, 0.4) is 0 Å². The first-order valence-electron chi connectivity index (χ1n) is 7.84. The molecule has 1 atom stereocenters. The normalized spacial score (nSPS) is 16.3. The van der Waals surface area contributed by atoms with Gasteiger partial charge < -0.3 is 10.4 Å². The van der Waals surface area contributed by atoms with E-state index in [9.17, 15) is 20.0 Å². The van der Waals surface area contributed by atoms with Gasteiger partial charge in [-0.2, -0.15) is 0 Å². The summed E-state index contributed by atoms with van der Waals surface area (Å²) >= 11 is 0. The van der Waals surface area contributed by atoms with Gasteiger partial charge in [-0.1, -0.05) is 42.5 Å². The van der Waals surface area contributed by atoms with Crippen LogP contribution in [0.25, 0.3) is 10.8 Å². The van der Waals surface area contributed by atoms with Crippen LogP contribution in [0.2, 0.25) is 0 Å². The molecule has 1 amide bonds. The summed E-state index contributed by atoms with van der Waals surface area (Å²) in [5.74, 6) is -0.481. The molecule has 1 aliphatic heterocycles. The van der Waals surface area contributed by atoms with E-state index in [2.05, 4.69) is 5.32 Å². The molecule has 0 bridgehead atoms. The number of anilines is 1. The molecule has 0 fully saturated rings. The molecule has 0 unspecified atom stereocenters. The van der Waals surface area contributed by atoms with Crippen LogP contribution in [-0.4, -0.2) is 15.9 Å². The van der Waals surface area contributed by atoms with Gasteiger partial charge in [0.25, 0.3) is 5.69 Å². The largest absolute Gasteiger partial charge is 0.507 e. The zero-order valence-corrected chi connectivity index (χ0v) is 13.1. The van der Waals surface area contributed by atoms with Crippen molar-refractivity contribution in [1.29, 1.82) is 0 Å². The number of amides is 1. The Hall–Kier alpha value is -3.41. The number of nitro benzene ring substituents is 1. The fraction of sp³-hybridized carbons (Fsp3) is 0.105. The Kier molecular flexibility index (Phi) is 3.39. The maximum absolute atomic E-state index is 12.3. The van der Waals surface area contributed by atoms with E-state index in [4.69, 9.17) is 0 Å². The molecule has 3 aromatic rings. The number of aromatic hydroxyl groups is 1. The van der Waals surface area contributed by atoms with Crippen molar-refractivity contribution in [2.24, 2.45) is 0 Å². The van der Waals surface area contributed by atoms with Gasteiger partial charge >= 0.3 is 0 Å². The van der Waals surface area contributed by atoms with E-state index < -0.39 is 10.8 Å². The van der Waals surface area contributed by atoms with E-state index in [1.165, 1.54) is 6.07 Å². The standard InChI is InChI=1S/C19H14N2O4/c22-17-7-3-5-13-12(17)8-9-14-15(10-18(23)20-19(13)14)11-4-1-2-6-16(11)21(24)25/h1-9,15,22H,10H2,(H,20,23)/t15-/m0/s1. The molecule has 3 aromatic carbocycles. The number of fused-ring (bicyclic) bond motifs is 3. The Morgan fingerprint density at radius 3 is 2.60 bits per heavy atom. The van der Waals surface area contributed by atoms with Gasteiger partial charge in [0.05, 0.1) is 10.6 Å². The Bertz CT molecular complexity index is 1030. The lowest BCUT2D eigenvalue weighted by atomic mass is 9.82. The molecular formula is C19H14N2O4. The molecule has 25 heavy (non-hydrogen) atoms. The van der Waals surface area contributed by atoms with Gasteiger partial charge in [0.2, 0.25) is 5.91 Å². The van der Waals surface area contributed by atoms with E-state index in [-0.39, 0.29) is 23.8 Å². The maximum Gasteiger partial charge on any atom is 0.273 e. The van der Waals surface area contributed by atoms with Gasteiger partial charge in [-0.05, 0) is 11.6 Å². The van der Waals surface area contributed by atoms with Gasteiger partial charge in [-0.25, -0.2) is 0 Å². The predicted octanol–water partition coefficient (Wildman–Crippen LogP) is 3.93. The third-order valence-electron chi connectivity index (χ3n) is 4.61. The number of hydrogen-bond donors (Lipinski definition) is 2. The molecule has 0 aliphatic carbocycles. The number of carbonyl (C=O) groups is 1. The van der Waals surface area contributed by atoms with Crippen molar-refractivity contribution < 1.29 is 14.8 Å². The summed E-state index contributed by atoms with van der Waals surface area (Å²) in [7, 11) is 0. The lowest BCUT2D eigenvalue weighted by Crippen LogP contribution is -2.24. The number of carbonyl (C=O) groups excluding carboxylic acids is 1. The van der Waals surface area contributed by atoms with Crippen molar-refractivity contribution in [2.45, 2.75) is 12.3 Å². The van der Waals surface area contributed by atoms with Crippen LogP contribution in [0.4, 0.5) is 11.4 Å². The summed E-state index contributed by atoms with van der Waals surface area (Å²) < 4.78 is 0. The van der Waals surface area contributed by atoms with Crippen molar-refractivity contribution in [3.05, 3.63) is 75.8 Å². The molecule has 1 heterocycles. The molecule has 0 saturated carbocycles.